The molecule has 9 heteroatoms. The smallest absolute Gasteiger partial charge is 0.242 e. The molecule has 0 radical (unpaired) electrons. The maximum Gasteiger partial charge on any atom is 0.242 e. The van der Waals surface area contributed by atoms with E-state index in [0.29, 0.717) is 23.7 Å². The summed E-state index contributed by atoms with van der Waals surface area (Å²) >= 11 is 0. The first kappa shape index (κ1) is 22.8. The first-order chi connectivity index (χ1) is 14.7. The third-order valence-corrected chi connectivity index (χ3v) is 7.21. The Bertz CT molecular complexity index is 1260. The molecule has 3 aromatic rings. The molecule has 1 N–H and O–H groups in total. The van der Waals surface area contributed by atoms with Crippen molar-refractivity contribution in [2.45, 2.75) is 22.9 Å². The molecular formula is C22H23NO6S2. The molecule has 3 rings (SSSR count). The molecule has 0 aliphatic carbocycles. The molecule has 0 aliphatic heterocycles. The summed E-state index contributed by atoms with van der Waals surface area (Å²) in [6.45, 7) is 0.321. The van der Waals surface area contributed by atoms with E-state index in [4.69, 9.17) is 9.47 Å². The zero-order chi connectivity index (χ0) is 22.5. The van der Waals surface area contributed by atoms with Crippen molar-refractivity contribution in [2.75, 3.05) is 13.4 Å². The SMILES string of the molecule is COc1cc(CNS(=O)(=O)c2ccccc2S(C)(=O)=O)ccc1OCc1ccccc1. The van der Waals surface area contributed by atoms with Gasteiger partial charge in [0.15, 0.2) is 21.3 Å². The number of benzene rings is 3. The Kier molecular flexibility index (Phi) is 6.99. The highest BCUT2D eigenvalue weighted by molar-refractivity contribution is 7.93. The number of nitrogens with one attached hydrogen (secondary N) is 1. The summed E-state index contributed by atoms with van der Waals surface area (Å²) in [5.74, 6) is 0.990. The van der Waals surface area contributed by atoms with E-state index >= 15 is 0 Å². The molecule has 7 nitrogen and oxygen atoms in total. The van der Waals surface area contributed by atoms with Gasteiger partial charge in [-0.3, -0.25) is 0 Å². The second-order valence-electron chi connectivity index (χ2n) is 6.80. The van der Waals surface area contributed by atoms with Crippen LogP contribution < -0.4 is 14.2 Å². The number of sulfone groups is 1. The molecular weight excluding hydrogens is 438 g/mol. The molecule has 0 atom stereocenters. The van der Waals surface area contributed by atoms with Gasteiger partial charge in [0.05, 0.1) is 12.0 Å². The summed E-state index contributed by atoms with van der Waals surface area (Å²) in [7, 11) is -6.25. The number of sulfonamides is 1. The normalized spacial score (nSPS) is 11.8. The average molecular weight is 462 g/mol. The maximum atomic E-state index is 12.7. The van der Waals surface area contributed by atoms with Gasteiger partial charge in [-0.25, -0.2) is 21.6 Å². The second kappa shape index (κ2) is 9.51. The fourth-order valence-electron chi connectivity index (χ4n) is 2.91. The number of ether oxygens (including phenoxy) is 2. The van der Waals surface area contributed by atoms with E-state index in [1.807, 2.05) is 30.3 Å². The van der Waals surface area contributed by atoms with Crippen LogP contribution in [0.25, 0.3) is 0 Å². The molecule has 0 aromatic heterocycles. The highest BCUT2D eigenvalue weighted by Gasteiger charge is 2.23. The fourth-order valence-corrected chi connectivity index (χ4v) is 5.56. The Hall–Kier alpha value is -2.88. The van der Waals surface area contributed by atoms with Gasteiger partial charge < -0.3 is 9.47 Å². The largest absolute Gasteiger partial charge is 0.493 e. The number of rotatable bonds is 9. The molecule has 0 amide bonds. The lowest BCUT2D eigenvalue weighted by molar-refractivity contribution is 0.284. The quantitative estimate of drug-likeness (QED) is 0.526. The summed E-state index contributed by atoms with van der Waals surface area (Å²) in [5.41, 5.74) is 1.63. The number of hydrogen-bond donors (Lipinski definition) is 1. The molecule has 0 aliphatic rings. The van der Waals surface area contributed by atoms with Crippen LogP contribution >= 0.6 is 0 Å². The lowest BCUT2D eigenvalue weighted by atomic mass is 10.2. The monoisotopic (exact) mass is 461 g/mol. The first-order valence-corrected chi connectivity index (χ1v) is 12.7. The van der Waals surface area contributed by atoms with Crippen LogP contribution in [0.15, 0.2) is 82.6 Å². The van der Waals surface area contributed by atoms with Crippen molar-refractivity contribution < 1.29 is 26.3 Å². The summed E-state index contributed by atoms with van der Waals surface area (Å²) in [5, 5.41) is 0. The van der Waals surface area contributed by atoms with Crippen molar-refractivity contribution in [1.82, 2.24) is 4.72 Å². The number of hydrogen-bond acceptors (Lipinski definition) is 6. The summed E-state index contributed by atoms with van der Waals surface area (Å²) < 4.78 is 62.9. The van der Waals surface area contributed by atoms with Crippen LogP contribution in [0.3, 0.4) is 0 Å². The van der Waals surface area contributed by atoms with Gasteiger partial charge >= 0.3 is 0 Å². The average Bonchev–Trinajstić information content (AvgIpc) is 2.76. The predicted molar refractivity (Wildman–Crippen MR) is 117 cm³/mol. The summed E-state index contributed by atoms with van der Waals surface area (Å²) in [4.78, 5) is -0.531. The van der Waals surface area contributed by atoms with Crippen LogP contribution in [0.1, 0.15) is 11.1 Å². The predicted octanol–water partition coefficient (Wildman–Crippen LogP) is 3.16. The molecule has 31 heavy (non-hydrogen) atoms. The first-order valence-electron chi connectivity index (χ1n) is 9.33. The van der Waals surface area contributed by atoms with Crippen molar-refractivity contribution in [3.8, 4) is 11.5 Å². The van der Waals surface area contributed by atoms with Gasteiger partial charge in [-0.05, 0) is 35.4 Å². The van der Waals surface area contributed by atoms with E-state index < -0.39 is 19.9 Å². The highest BCUT2D eigenvalue weighted by atomic mass is 32.2. The molecule has 0 saturated carbocycles. The lowest BCUT2D eigenvalue weighted by Gasteiger charge is -2.13. The minimum atomic E-state index is -4.05. The van der Waals surface area contributed by atoms with Gasteiger partial charge in [-0.2, -0.15) is 0 Å². The third kappa shape index (κ3) is 5.84. The Morgan fingerprint density at radius 1 is 0.774 bits per heavy atom. The Morgan fingerprint density at radius 2 is 1.42 bits per heavy atom. The minimum Gasteiger partial charge on any atom is -0.493 e. The van der Waals surface area contributed by atoms with Crippen LogP contribution in [0, 0.1) is 0 Å². The molecule has 164 valence electrons. The van der Waals surface area contributed by atoms with Crippen molar-refractivity contribution in [2.24, 2.45) is 0 Å². The van der Waals surface area contributed by atoms with Crippen LogP contribution in [0.4, 0.5) is 0 Å². The van der Waals surface area contributed by atoms with Crippen molar-refractivity contribution in [3.63, 3.8) is 0 Å². The van der Waals surface area contributed by atoms with Gasteiger partial charge in [-0.15, -0.1) is 0 Å². The molecule has 0 unspecified atom stereocenters. The van der Waals surface area contributed by atoms with Gasteiger partial charge in [0.25, 0.3) is 0 Å². The third-order valence-electron chi connectivity index (χ3n) is 4.47. The zero-order valence-corrected chi connectivity index (χ0v) is 18.7. The van der Waals surface area contributed by atoms with Gasteiger partial charge in [0.2, 0.25) is 10.0 Å². The minimum absolute atomic E-state index is 0.0459. The van der Waals surface area contributed by atoms with Crippen LogP contribution in [-0.2, 0) is 33.0 Å². The van der Waals surface area contributed by atoms with Crippen molar-refractivity contribution in [1.29, 1.82) is 0 Å². The second-order valence-corrected chi connectivity index (χ2v) is 10.5. The van der Waals surface area contributed by atoms with Gasteiger partial charge in [-0.1, -0.05) is 48.5 Å². The van der Waals surface area contributed by atoms with Crippen molar-refractivity contribution >= 4 is 19.9 Å². The Labute approximate surface area is 182 Å². The maximum absolute atomic E-state index is 12.7. The van der Waals surface area contributed by atoms with E-state index in [-0.39, 0.29) is 16.3 Å². The van der Waals surface area contributed by atoms with E-state index in [1.54, 1.807) is 18.2 Å². The molecule has 0 bridgehead atoms. The van der Waals surface area contributed by atoms with Crippen molar-refractivity contribution in [3.05, 3.63) is 83.9 Å². The van der Waals surface area contributed by atoms with E-state index in [2.05, 4.69) is 4.72 Å². The van der Waals surface area contributed by atoms with Gasteiger partial charge in [0, 0.05) is 12.8 Å². The van der Waals surface area contributed by atoms with E-state index in [0.717, 1.165) is 11.8 Å². The number of methoxy groups -OCH3 is 1. The summed E-state index contributed by atoms with van der Waals surface area (Å²) in [6.07, 6.45) is 0.973. The molecule has 0 heterocycles. The van der Waals surface area contributed by atoms with Gasteiger partial charge in [0.1, 0.15) is 11.5 Å². The Morgan fingerprint density at radius 3 is 2.06 bits per heavy atom. The molecule has 0 spiro atoms. The fraction of sp³-hybridized carbons (Fsp3) is 0.182. The van der Waals surface area contributed by atoms with Crippen LogP contribution in [-0.4, -0.2) is 30.2 Å². The van der Waals surface area contributed by atoms with Crippen LogP contribution in [0.5, 0.6) is 11.5 Å². The molecule has 0 saturated heterocycles. The van der Waals surface area contributed by atoms with Crippen LogP contribution in [0.2, 0.25) is 0 Å². The molecule has 0 fully saturated rings. The zero-order valence-electron chi connectivity index (χ0n) is 17.1. The molecule has 3 aromatic carbocycles. The standard InChI is InChI=1S/C22H23NO6S2/c1-28-20-14-18(12-13-19(20)29-16-17-8-4-3-5-9-17)15-23-31(26,27)22-11-7-6-10-21(22)30(2,24)25/h3-14,23H,15-16H2,1-2H3. The highest BCUT2D eigenvalue weighted by Crippen LogP contribution is 2.29. The van der Waals surface area contributed by atoms with E-state index in [1.165, 1.54) is 31.4 Å². The summed E-state index contributed by atoms with van der Waals surface area (Å²) in [6, 6.07) is 20.3. The topological polar surface area (TPSA) is 98.8 Å². The van der Waals surface area contributed by atoms with E-state index in [9.17, 15) is 16.8 Å². The Balaban J connectivity index is 1.75. The lowest BCUT2D eigenvalue weighted by Crippen LogP contribution is -2.25.